The summed E-state index contributed by atoms with van der Waals surface area (Å²) in [7, 11) is 1.44. The van der Waals surface area contributed by atoms with Crippen LogP contribution in [-0.2, 0) is 0 Å². The van der Waals surface area contributed by atoms with E-state index in [2.05, 4.69) is 10.3 Å². The number of benzene rings is 1. The summed E-state index contributed by atoms with van der Waals surface area (Å²) in [5, 5.41) is 3.30. The van der Waals surface area contributed by atoms with Gasteiger partial charge in [-0.05, 0) is 48.8 Å². The summed E-state index contributed by atoms with van der Waals surface area (Å²) in [4.78, 5) is 14.9. The number of nitrogens with one attached hydrogen (secondary N) is 2. The zero-order chi connectivity index (χ0) is 15.3. The normalized spacial score (nSPS) is 21.7. The van der Waals surface area contributed by atoms with E-state index in [-0.39, 0.29) is 17.1 Å². The molecule has 0 spiro atoms. The molecule has 22 heavy (non-hydrogen) atoms. The van der Waals surface area contributed by atoms with Crippen LogP contribution in [-0.4, -0.2) is 12.1 Å². The Morgan fingerprint density at radius 1 is 1.27 bits per heavy atom. The summed E-state index contributed by atoms with van der Waals surface area (Å²) in [5.41, 5.74) is 3.77. The molecule has 2 atom stereocenters. The van der Waals surface area contributed by atoms with Crippen LogP contribution < -0.4 is 15.6 Å². The van der Waals surface area contributed by atoms with Crippen LogP contribution in [0.1, 0.15) is 42.2 Å². The Labute approximate surface area is 127 Å². The first kappa shape index (κ1) is 13.4. The third-order valence-corrected chi connectivity index (χ3v) is 4.85. The lowest BCUT2D eigenvalue weighted by molar-refractivity contribution is 0.387. The van der Waals surface area contributed by atoms with Crippen molar-refractivity contribution in [3.63, 3.8) is 0 Å². The van der Waals surface area contributed by atoms with Crippen molar-refractivity contribution >= 4 is 11.4 Å². The van der Waals surface area contributed by atoms with Gasteiger partial charge < -0.3 is 15.0 Å². The summed E-state index contributed by atoms with van der Waals surface area (Å²) in [6, 6.07) is 4.67. The Hall–Kier alpha value is -2.30. The standard InChI is InChI=1S/C17H17FN2O2/c1-22-14-7-11(4-5-12(14)18)20-13-8-19-17(21)16-10-3-2-9(6-10)15(13)16/h4-5,7-10,20H,2-3,6H2,1H3,(H,19,21). The molecule has 0 amide bonds. The van der Waals surface area contributed by atoms with E-state index in [1.165, 1.54) is 13.2 Å². The molecule has 1 fully saturated rings. The maximum absolute atomic E-state index is 13.5. The third-order valence-electron chi connectivity index (χ3n) is 4.85. The molecule has 2 unspecified atom stereocenters. The molecule has 0 radical (unpaired) electrons. The van der Waals surface area contributed by atoms with Crippen LogP contribution in [0, 0.1) is 5.82 Å². The van der Waals surface area contributed by atoms with Crippen molar-refractivity contribution in [1.29, 1.82) is 0 Å². The SMILES string of the molecule is COc1cc(Nc2c[nH]c(=O)c3c2C2CCC3C2)ccc1F. The Bertz CT molecular complexity index is 800. The van der Waals surface area contributed by atoms with Gasteiger partial charge in [-0.25, -0.2) is 4.39 Å². The molecule has 1 saturated carbocycles. The lowest BCUT2D eigenvalue weighted by Crippen LogP contribution is -2.18. The number of pyridine rings is 1. The number of aromatic nitrogens is 1. The Morgan fingerprint density at radius 2 is 2.05 bits per heavy atom. The molecular formula is C17H17FN2O2. The highest BCUT2D eigenvalue weighted by molar-refractivity contribution is 5.67. The second-order valence-corrected chi connectivity index (χ2v) is 6.04. The Balaban J connectivity index is 1.75. The van der Waals surface area contributed by atoms with Gasteiger partial charge in [-0.1, -0.05) is 0 Å². The van der Waals surface area contributed by atoms with Crippen molar-refractivity contribution in [3.8, 4) is 5.75 Å². The molecule has 2 bridgehead atoms. The minimum atomic E-state index is -0.390. The van der Waals surface area contributed by atoms with Gasteiger partial charge in [0.15, 0.2) is 11.6 Å². The quantitative estimate of drug-likeness (QED) is 0.910. The van der Waals surface area contributed by atoms with Gasteiger partial charge >= 0.3 is 0 Å². The van der Waals surface area contributed by atoms with E-state index in [9.17, 15) is 9.18 Å². The fraction of sp³-hybridized carbons (Fsp3) is 0.353. The van der Waals surface area contributed by atoms with Crippen LogP contribution >= 0.6 is 0 Å². The minimum absolute atomic E-state index is 0.0319. The number of H-pyrrole nitrogens is 1. The monoisotopic (exact) mass is 300 g/mol. The van der Waals surface area contributed by atoms with Crippen molar-refractivity contribution in [3.05, 3.63) is 51.7 Å². The predicted octanol–water partition coefficient (Wildman–Crippen LogP) is 3.63. The molecule has 2 aliphatic carbocycles. The number of rotatable bonds is 3. The number of methoxy groups -OCH3 is 1. The van der Waals surface area contributed by atoms with Gasteiger partial charge in [-0.3, -0.25) is 4.79 Å². The van der Waals surface area contributed by atoms with Crippen molar-refractivity contribution in [1.82, 2.24) is 4.98 Å². The highest BCUT2D eigenvalue weighted by Crippen LogP contribution is 2.54. The Morgan fingerprint density at radius 3 is 2.82 bits per heavy atom. The molecule has 0 aliphatic heterocycles. The van der Waals surface area contributed by atoms with E-state index in [4.69, 9.17) is 4.74 Å². The first-order chi connectivity index (χ1) is 10.7. The average Bonchev–Trinajstić information content (AvgIpc) is 3.14. The highest BCUT2D eigenvalue weighted by Gasteiger charge is 2.40. The molecule has 5 heteroatoms. The van der Waals surface area contributed by atoms with Gasteiger partial charge in [-0.2, -0.15) is 0 Å². The number of fused-ring (bicyclic) bond motifs is 5. The van der Waals surface area contributed by atoms with Gasteiger partial charge in [0.05, 0.1) is 12.8 Å². The van der Waals surface area contributed by atoms with Crippen LogP contribution in [0.4, 0.5) is 15.8 Å². The van der Waals surface area contributed by atoms with Crippen molar-refractivity contribution in [2.75, 3.05) is 12.4 Å². The van der Waals surface area contributed by atoms with Crippen LogP contribution in [0.3, 0.4) is 0 Å². The van der Waals surface area contributed by atoms with Gasteiger partial charge in [0.25, 0.3) is 5.56 Å². The number of hydrogen-bond acceptors (Lipinski definition) is 3. The second-order valence-electron chi connectivity index (χ2n) is 6.04. The Kier molecular flexibility index (Phi) is 2.96. The van der Waals surface area contributed by atoms with E-state index in [0.717, 1.165) is 41.8 Å². The molecule has 1 aromatic carbocycles. The summed E-state index contributed by atoms with van der Waals surface area (Å²) in [6.07, 6.45) is 5.04. The molecular weight excluding hydrogens is 283 g/mol. The average molecular weight is 300 g/mol. The molecule has 4 nitrogen and oxygen atoms in total. The maximum atomic E-state index is 13.5. The van der Waals surface area contributed by atoms with Gasteiger partial charge in [0.1, 0.15) is 0 Å². The zero-order valence-electron chi connectivity index (χ0n) is 12.3. The molecule has 1 heterocycles. The first-order valence-electron chi connectivity index (χ1n) is 7.53. The molecule has 114 valence electrons. The smallest absolute Gasteiger partial charge is 0.251 e. The number of halogens is 1. The van der Waals surface area contributed by atoms with Crippen molar-refractivity contribution < 1.29 is 9.13 Å². The summed E-state index contributed by atoms with van der Waals surface area (Å²) in [5.74, 6) is 0.673. The van der Waals surface area contributed by atoms with Crippen LogP contribution in [0.2, 0.25) is 0 Å². The largest absolute Gasteiger partial charge is 0.494 e. The van der Waals surface area contributed by atoms with E-state index in [1.54, 1.807) is 18.3 Å². The molecule has 1 aromatic heterocycles. The first-order valence-corrected chi connectivity index (χ1v) is 7.53. The molecule has 4 rings (SSSR count). The highest BCUT2D eigenvalue weighted by atomic mass is 19.1. The van der Waals surface area contributed by atoms with Gasteiger partial charge in [0, 0.05) is 23.5 Å². The van der Waals surface area contributed by atoms with E-state index in [0.29, 0.717) is 11.8 Å². The van der Waals surface area contributed by atoms with Crippen molar-refractivity contribution in [2.24, 2.45) is 0 Å². The molecule has 2 aliphatic rings. The van der Waals surface area contributed by atoms with Crippen LogP contribution in [0.5, 0.6) is 5.75 Å². The zero-order valence-corrected chi connectivity index (χ0v) is 12.3. The van der Waals surface area contributed by atoms with E-state index < -0.39 is 0 Å². The summed E-state index contributed by atoms with van der Waals surface area (Å²) >= 11 is 0. The fourth-order valence-corrected chi connectivity index (χ4v) is 3.91. The number of hydrogen-bond donors (Lipinski definition) is 2. The summed E-state index contributed by atoms with van der Waals surface area (Å²) in [6.45, 7) is 0. The van der Waals surface area contributed by atoms with Crippen LogP contribution in [0.25, 0.3) is 0 Å². The minimum Gasteiger partial charge on any atom is -0.494 e. The number of anilines is 2. The lowest BCUT2D eigenvalue weighted by Gasteiger charge is -2.19. The van der Waals surface area contributed by atoms with Crippen LogP contribution in [0.15, 0.2) is 29.2 Å². The second kappa shape index (κ2) is 4.87. The molecule has 0 saturated heterocycles. The van der Waals surface area contributed by atoms with Gasteiger partial charge in [-0.15, -0.1) is 0 Å². The molecule has 2 aromatic rings. The third kappa shape index (κ3) is 1.92. The predicted molar refractivity (Wildman–Crippen MR) is 82.6 cm³/mol. The fourth-order valence-electron chi connectivity index (χ4n) is 3.91. The number of ether oxygens (including phenoxy) is 1. The number of aromatic amines is 1. The topological polar surface area (TPSA) is 54.1 Å². The lowest BCUT2D eigenvalue weighted by atomic mass is 9.92. The van der Waals surface area contributed by atoms with E-state index in [1.807, 2.05) is 0 Å². The summed E-state index contributed by atoms with van der Waals surface area (Å²) < 4.78 is 18.5. The van der Waals surface area contributed by atoms with Gasteiger partial charge in [0.2, 0.25) is 0 Å². The van der Waals surface area contributed by atoms with E-state index >= 15 is 0 Å². The maximum Gasteiger partial charge on any atom is 0.251 e. The molecule has 2 N–H and O–H groups in total. The van der Waals surface area contributed by atoms with Crippen molar-refractivity contribution in [2.45, 2.75) is 31.1 Å².